The molecule has 54 valence electrons. The van der Waals surface area contributed by atoms with Gasteiger partial charge in [0.15, 0.2) is 0 Å². The molecule has 11 heavy (non-hydrogen) atoms. The Morgan fingerprint density at radius 3 is 2.55 bits per heavy atom. The normalized spacial score (nSPS) is 16.8. The predicted octanol–water partition coefficient (Wildman–Crippen LogP) is 2.44. The fourth-order valence-electron chi connectivity index (χ4n) is 0.885. The molecule has 0 N–H and O–H groups in total. The Morgan fingerprint density at radius 2 is 2.00 bits per heavy atom. The van der Waals surface area contributed by atoms with Gasteiger partial charge in [0, 0.05) is 9.15 Å². The summed E-state index contributed by atoms with van der Waals surface area (Å²) in [6, 6.07) is 4.12. The summed E-state index contributed by atoms with van der Waals surface area (Å²) < 4.78 is 1.06. The maximum absolute atomic E-state index is 8.61. The van der Waals surface area contributed by atoms with E-state index in [-0.39, 0.29) is 0 Å². The zero-order chi connectivity index (χ0) is 8.27. The first-order valence-electron chi connectivity index (χ1n) is 3.17. The van der Waals surface area contributed by atoms with Gasteiger partial charge in [-0.25, -0.2) is 0 Å². The van der Waals surface area contributed by atoms with Crippen LogP contribution >= 0.6 is 22.6 Å². The number of hydrogen-bond acceptors (Lipinski definition) is 2. The summed E-state index contributed by atoms with van der Waals surface area (Å²) in [7, 11) is 0. The molecule has 0 saturated carbocycles. The molecule has 0 aromatic carbocycles. The molecule has 0 radical (unpaired) electrons. The monoisotopic (exact) mass is 256 g/mol. The molecule has 0 heterocycles. The highest BCUT2D eigenvalue weighted by Gasteiger charge is 2.09. The van der Waals surface area contributed by atoms with Crippen LogP contribution in [0.25, 0.3) is 0 Å². The lowest BCUT2D eigenvalue weighted by Crippen LogP contribution is -1.91. The Morgan fingerprint density at radius 1 is 1.27 bits per heavy atom. The lowest BCUT2D eigenvalue weighted by atomic mass is 10.0. The van der Waals surface area contributed by atoms with Gasteiger partial charge in [0.1, 0.15) is 0 Å². The molecule has 0 unspecified atom stereocenters. The summed E-state index contributed by atoms with van der Waals surface area (Å²) in [5, 5.41) is 17.1. The van der Waals surface area contributed by atoms with Crippen LogP contribution in [0, 0.1) is 22.7 Å². The summed E-state index contributed by atoms with van der Waals surface area (Å²) >= 11 is 2.15. The third-order valence-corrected chi connectivity index (χ3v) is 2.61. The molecular formula is C8H5IN2. The molecule has 1 aliphatic rings. The third-order valence-electron chi connectivity index (χ3n) is 1.49. The Bertz CT molecular complexity index is 312. The second-order valence-corrected chi connectivity index (χ2v) is 3.51. The smallest absolute Gasteiger partial charge is 0.0999 e. The average Bonchev–Trinajstić information content (AvgIpc) is 2.05. The zero-order valence-corrected chi connectivity index (χ0v) is 7.92. The molecule has 1 rings (SSSR count). The van der Waals surface area contributed by atoms with Crippen LogP contribution in [0.15, 0.2) is 20.8 Å². The van der Waals surface area contributed by atoms with Gasteiger partial charge in [0.05, 0.1) is 17.7 Å². The quantitative estimate of drug-likeness (QED) is 0.625. The standard InChI is InChI=1S/C8H5IN2/c9-8-2-1-6(4-10)3-7(8)5-11/h3H,1-2H2. The molecule has 0 spiro atoms. The highest BCUT2D eigenvalue weighted by molar-refractivity contribution is 14.1. The Kier molecular flexibility index (Phi) is 2.67. The molecule has 0 amide bonds. The van der Waals surface area contributed by atoms with Crippen molar-refractivity contribution in [1.82, 2.24) is 0 Å². The molecule has 0 bridgehead atoms. The van der Waals surface area contributed by atoms with Gasteiger partial charge in [0.2, 0.25) is 0 Å². The molecule has 0 atom stereocenters. The van der Waals surface area contributed by atoms with Gasteiger partial charge >= 0.3 is 0 Å². The van der Waals surface area contributed by atoms with Crippen molar-refractivity contribution in [1.29, 1.82) is 10.5 Å². The van der Waals surface area contributed by atoms with Gasteiger partial charge in [-0.05, 0) is 41.5 Å². The molecule has 2 nitrogen and oxygen atoms in total. The van der Waals surface area contributed by atoms with E-state index < -0.39 is 0 Å². The molecular weight excluding hydrogens is 251 g/mol. The Balaban J connectivity index is 3.01. The van der Waals surface area contributed by atoms with E-state index in [4.69, 9.17) is 10.5 Å². The molecule has 0 fully saturated rings. The van der Waals surface area contributed by atoms with E-state index in [2.05, 4.69) is 34.7 Å². The van der Waals surface area contributed by atoms with E-state index >= 15 is 0 Å². The van der Waals surface area contributed by atoms with Gasteiger partial charge in [-0.2, -0.15) is 10.5 Å². The fourth-order valence-corrected chi connectivity index (χ4v) is 1.43. The summed E-state index contributed by atoms with van der Waals surface area (Å²) in [6.45, 7) is 0. The van der Waals surface area contributed by atoms with Crippen LogP contribution in [0.5, 0.6) is 0 Å². The van der Waals surface area contributed by atoms with Gasteiger partial charge < -0.3 is 0 Å². The van der Waals surface area contributed by atoms with Crippen LogP contribution in [0.2, 0.25) is 0 Å². The highest BCUT2D eigenvalue weighted by Crippen LogP contribution is 2.27. The van der Waals surface area contributed by atoms with Gasteiger partial charge in [-0.3, -0.25) is 0 Å². The summed E-state index contributed by atoms with van der Waals surface area (Å²) in [4.78, 5) is 0. The number of halogens is 1. The van der Waals surface area contributed by atoms with E-state index in [0.717, 1.165) is 16.4 Å². The number of allylic oxidation sites excluding steroid dienone is 4. The van der Waals surface area contributed by atoms with Crippen molar-refractivity contribution in [3.05, 3.63) is 20.8 Å². The second-order valence-electron chi connectivity index (χ2n) is 2.21. The SMILES string of the molecule is N#CC1=CC(C#N)=C(I)CC1. The third kappa shape index (κ3) is 1.81. The van der Waals surface area contributed by atoms with Crippen molar-refractivity contribution in [3.8, 4) is 12.1 Å². The maximum Gasteiger partial charge on any atom is 0.0999 e. The lowest BCUT2D eigenvalue weighted by Gasteiger charge is -2.06. The van der Waals surface area contributed by atoms with Crippen LogP contribution in [-0.4, -0.2) is 0 Å². The van der Waals surface area contributed by atoms with Crippen LogP contribution in [-0.2, 0) is 0 Å². The number of hydrogen-bond donors (Lipinski definition) is 0. The minimum absolute atomic E-state index is 0.647. The van der Waals surface area contributed by atoms with Crippen LogP contribution in [0.4, 0.5) is 0 Å². The van der Waals surface area contributed by atoms with Crippen molar-refractivity contribution in [2.24, 2.45) is 0 Å². The van der Waals surface area contributed by atoms with Crippen LogP contribution < -0.4 is 0 Å². The van der Waals surface area contributed by atoms with Crippen molar-refractivity contribution >= 4 is 22.6 Å². The molecule has 3 heteroatoms. The van der Waals surface area contributed by atoms with E-state index in [0.29, 0.717) is 11.1 Å². The number of nitrogens with zero attached hydrogens (tertiary/aromatic N) is 2. The van der Waals surface area contributed by atoms with E-state index in [1.807, 2.05) is 0 Å². The molecule has 0 aliphatic heterocycles. The minimum atomic E-state index is 0.647. The number of nitriles is 2. The van der Waals surface area contributed by atoms with Crippen molar-refractivity contribution in [2.45, 2.75) is 12.8 Å². The summed E-state index contributed by atoms with van der Waals surface area (Å²) in [5.41, 5.74) is 1.36. The average molecular weight is 256 g/mol. The largest absolute Gasteiger partial charge is 0.193 e. The summed E-state index contributed by atoms with van der Waals surface area (Å²) in [5.74, 6) is 0. The number of rotatable bonds is 0. The predicted molar refractivity (Wildman–Crippen MR) is 49.6 cm³/mol. The van der Waals surface area contributed by atoms with E-state index in [9.17, 15) is 0 Å². The van der Waals surface area contributed by atoms with E-state index in [1.165, 1.54) is 0 Å². The van der Waals surface area contributed by atoms with Gasteiger partial charge in [0.25, 0.3) is 0 Å². The van der Waals surface area contributed by atoms with Crippen LogP contribution in [0.3, 0.4) is 0 Å². The minimum Gasteiger partial charge on any atom is -0.193 e. The van der Waals surface area contributed by atoms with Crippen LogP contribution in [0.1, 0.15) is 12.8 Å². The van der Waals surface area contributed by atoms with Crippen molar-refractivity contribution in [2.75, 3.05) is 0 Å². The first-order chi connectivity index (χ1) is 5.27. The Hall–Kier alpha value is -0.810. The van der Waals surface area contributed by atoms with Gasteiger partial charge in [-0.1, -0.05) is 0 Å². The first-order valence-corrected chi connectivity index (χ1v) is 4.25. The zero-order valence-electron chi connectivity index (χ0n) is 5.76. The first kappa shape index (κ1) is 8.29. The Labute approximate surface area is 79.0 Å². The van der Waals surface area contributed by atoms with E-state index in [1.54, 1.807) is 6.08 Å². The van der Waals surface area contributed by atoms with Gasteiger partial charge in [-0.15, -0.1) is 0 Å². The fraction of sp³-hybridized carbons (Fsp3) is 0.250. The lowest BCUT2D eigenvalue weighted by molar-refractivity contribution is 0.979. The summed E-state index contributed by atoms with van der Waals surface area (Å²) in [6.07, 6.45) is 3.29. The molecule has 0 aromatic rings. The van der Waals surface area contributed by atoms with Crippen molar-refractivity contribution < 1.29 is 0 Å². The molecule has 1 aliphatic carbocycles. The maximum atomic E-state index is 8.61. The molecule has 0 aromatic heterocycles. The molecule has 0 saturated heterocycles. The topological polar surface area (TPSA) is 47.6 Å². The highest BCUT2D eigenvalue weighted by atomic mass is 127. The van der Waals surface area contributed by atoms with Crippen molar-refractivity contribution in [3.63, 3.8) is 0 Å². The second kappa shape index (κ2) is 3.54.